The highest BCUT2D eigenvalue weighted by atomic mass is 19.1. The van der Waals surface area contributed by atoms with E-state index in [1.807, 2.05) is 0 Å². The maximum Gasteiger partial charge on any atom is 0.319 e. The van der Waals surface area contributed by atoms with Crippen LogP contribution in [0.4, 0.5) is 14.9 Å². The molecule has 1 aliphatic rings. The van der Waals surface area contributed by atoms with Crippen LogP contribution in [0.15, 0.2) is 24.3 Å². The molecule has 0 aliphatic heterocycles. The highest BCUT2D eigenvalue weighted by molar-refractivity contribution is 5.89. The summed E-state index contributed by atoms with van der Waals surface area (Å²) >= 11 is 0. The molecule has 2 rings (SSSR count). The van der Waals surface area contributed by atoms with Crippen molar-refractivity contribution in [1.29, 1.82) is 0 Å². The minimum Gasteiger partial charge on any atom is -0.393 e. The van der Waals surface area contributed by atoms with E-state index >= 15 is 0 Å². The molecular formula is C13H17FN2O2. The summed E-state index contributed by atoms with van der Waals surface area (Å²) in [6, 6.07) is 5.44. The van der Waals surface area contributed by atoms with Crippen molar-refractivity contribution in [1.82, 2.24) is 5.32 Å². The number of benzene rings is 1. The molecule has 18 heavy (non-hydrogen) atoms. The van der Waals surface area contributed by atoms with Crippen LogP contribution < -0.4 is 10.6 Å². The summed E-state index contributed by atoms with van der Waals surface area (Å²) in [5, 5.41) is 14.9. The Morgan fingerprint density at radius 3 is 2.39 bits per heavy atom. The number of amides is 2. The van der Waals surface area contributed by atoms with Gasteiger partial charge in [0.05, 0.1) is 6.10 Å². The van der Waals surface area contributed by atoms with Crippen molar-refractivity contribution >= 4 is 11.7 Å². The van der Waals surface area contributed by atoms with E-state index in [1.54, 1.807) is 0 Å². The molecule has 0 unspecified atom stereocenters. The van der Waals surface area contributed by atoms with Gasteiger partial charge in [-0.25, -0.2) is 9.18 Å². The molecule has 1 saturated carbocycles. The van der Waals surface area contributed by atoms with Gasteiger partial charge in [-0.2, -0.15) is 0 Å². The zero-order chi connectivity index (χ0) is 13.0. The largest absolute Gasteiger partial charge is 0.393 e. The fourth-order valence-electron chi connectivity index (χ4n) is 2.11. The van der Waals surface area contributed by atoms with Gasteiger partial charge in [-0.15, -0.1) is 0 Å². The van der Waals surface area contributed by atoms with Crippen LogP contribution in [0.2, 0.25) is 0 Å². The minimum absolute atomic E-state index is 0.105. The van der Waals surface area contributed by atoms with Crippen LogP contribution in [0.1, 0.15) is 25.7 Å². The van der Waals surface area contributed by atoms with Gasteiger partial charge in [0.15, 0.2) is 0 Å². The second kappa shape index (κ2) is 5.82. The van der Waals surface area contributed by atoms with E-state index in [-0.39, 0.29) is 24.0 Å². The molecule has 0 atom stereocenters. The van der Waals surface area contributed by atoms with E-state index in [4.69, 9.17) is 0 Å². The first-order chi connectivity index (χ1) is 8.63. The number of rotatable bonds is 2. The molecule has 0 aromatic heterocycles. The number of urea groups is 1. The molecular weight excluding hydrogens is 235 g/mol. The zero-order valence-corrected chi connectivity index (χ0v) is 10.0. The molecule has 1 aliphatic carbocycles. The summed E-state index contributed by atoms with van der Waals surface area (Å²) in [5.74, 6) is -0.331. The molecule has 1 fully saturated rings. The molecule has 1 aromatic rings. The Morgan fingerprint density at radius 1 is 1.17 bits per heavy atom. The third kappa shape index (κ3) is 3.70. The number of carbonyl (C=O) groups excluding carboxylic acids is 1. The molecule has 1 aromatic carbocycles. The fraction of sp³-hybridized carbons (Fsp3) is 0.462. The van der Waals surface area contributed by atoms with E-state index in [9.17, 15) is 14.3 Å². The van der Waals surface area contributed by atoms with Crippen molar-refractivity contribution in [3.63, 3.8) is 0 Å². The van der Waals surface area contributed by atoms with Crippen molar-refractivity contribution in [2.75, 3.05) is 5.32 Å². The Morgan fingerprint density at radius 2 is 1.78 bits per heavy atom. The molecule has 98 valence electrons. The first-order valence-electron chi connectivity index (χ1n) is 6.14. The van der Waals surface area contributed by atoms with E-state index in [2.05, 4.69) is 10.6 Å². The van der Waals surface area contributed by atoms with Gasteiger partial charge in [-0.05, 0) is 49.9 Å². The predicted molar refractivity (Wildman–Crippen MR) is 66.8 cm³/mol. The first kappa shape index (κ1) is 12.8. The molecule has 0 heterocycles. The number of halogens is 1. The summed E-state index contributed by atoms with van der Waals surface area (Å²) < 4.78 is 12.7. The Kier molecular flexibility index (Phi) is 4.15. The summed E-state index contributed by atoms with van der Waals surface area (Å²) in [7, 11) is 0. The molecule has 0 radical (unpaired) electrons. The average molecular weight is 252 g/mol. The molecule has 4 nitrogen and oxygen atoms in total. The second-order valence-electron chi connectivity index (χ2n) is 4.61. The van der Waals surface area contributed by atoms with Gasteiger partial charge >= 0.3 is 6.03 Å². The van der Waals surface area contributed by atoms with Gasteiger partial charge in [0, 0.05) is 11.7 Å². The number of aliphatic hydroxyl groups is 1. The van der Waals surface area contributed by atoms with E-state index < -0.39 is 0 Å². The van der Waals surface area contributed by atoms with Gasteiger partial charge in [-0.1, -0.05) is 0 Å². The van der Waals surface area contributed by atoms with E-state index in [1.165, 1.54) is 24.3 Å². The van der Waals surface area contributed by atoms with Crippen molar-refractivity contribution in [3.05, 3.63) is 30.1 Å². The predicted octanol–water partition coefficient (Wildman–Crippen LogP) is 2.25. The normalized spacial score (nSPS) is 23.4. The summed E-state index contributed by atoms with van der Waals surface area (Å²) in [4.78, 5) is 11.7. The third-order valence-electron chi connectivity index (χ3n) is 3.13. The van der Waals surface area contributed by atoms with Crippen LogP contribution in [-0.2, 0) is 0 Å². The summed E-state index contributed by atoms with van der Waals surface area (Å²) in [6.07, 6.45) is 2.79. The molecule has 5 heteroatoms. The number of carbonyl (C=O) groups is 1. The SMILES string of the molecule is O=C(Nc1ccc(F)cc1)NC1CCC(O)CC1. The highest BCUT2D eigenvalue weighted by Gasteiger charge is 2.20. The second-order valence-corrected chi connectivity index (χ2v) is 4.61. The standard InChI is InChI=1S/C13H17FN2O2/c14-9-1-3-10(4-2-9)15-13(18)16-11-5-7-12(17)8-6-11/h1-4,11-12,17H,5-8H2,(H2,15,16,18). The van der Waals surface area contributed by atoms with Crippen LogP contribution >= 0.6 is 0 Å². The minimum atomic E-state index is -0.331. The Bertz CT molecular complexity index is 400. The van der Waals surface area contributed by atoms with Gasteiger partial charge in [-0.3, -0.25) is 0 Å². The lowest BCUT2D eigenvalue weighted by molar-refractivity contribution is 0.118. The van der Waals surface area contributed by atoms with Crippen molar-refractivity contribution in [3.8, 4) is 0 Å². The highest BCUT2D eigenvalue weighted by Crippen LogP contribution is 2.18. The topological polar surface area (TPSA) is 61.4 Å². The van der Waals surface area contributed by atoms with E-state index in [0.29, 0.717) is 5.69 Å². The Hall–Kier alpha value is -1.62. The lowest BCUT2D eigenvalue weighted by Crippen LogP contribution is -2.40. The van der Waals surface area contributed by atoms with Gasteiger partial charge in [0.1, 0.15) is 5.82 Å². The third-order valence-corrected chi connectivity index (χ3v) is 3.13. The summed E-state index contributed by atoms with van der Waals surface area (Å²) in [5.41, 5.74) is 0.560. The van der Waals surface area contributed by atoms with Crippen molar-refractivity contribution < 1.29 is 14.3 Å². The first-order valence-corrected chi connectivity index (χ1v) is 6.14. The van der Waals surface area contributed by atoms with Gasteiger partial charge in [0.2, 0.25) is 0 Å². The number of aliphatic hydroxyl groups excluding tert-OH is 1. The molecule has 2 amide bonds. The van der Waals surface area contributed by atoms with Crippen LogP contribution in [0.25, 0.3) is 0 Å². The monoisotopic (exact) mass is 252 g/mol. The summed E-state index contributed by atoms with van der Waals surface area (Å²) in [6.45, 7) is 0. The molecule has 0 spiro atoms. The zero-order valence-electron chi connectivity index (χ0n) is 10.0. The average Bonchev–Trinajstić information content (AvgIpc) is 2.35. The lowest BCUT2D eigenvalue weighted by Gasteiger charge is -2.26. The number of hydrogen-bond acceptors (Lipinski definition) is 2. The maximum absolute atomic E-state index is 12.7. The molecule has 0 saturated heterocycles. The molecule has 3 N–H and O–H groups in total. The van der Waals surface area contributed by atoms with Crippen LogP contribution in [0.3, 0.4) is 0 Å². The van der Waals surface area contributed by atoms with Crippen molar-refractivity contribution in [2.45, 2.75) is 37.8 Å². The van der Waals surface area contributed by atoms with Gasteiger partial charge in [0.25, 0.3) is 0 Å². The van der Waals surface area contributed by atoms with Crippen LogP contribution in [0.5, 0.6) is 0 Å². The Labute approximate surface area is 105 Å². The quantitative estimate of drug-likeness (QED) is 0.756. The van der Waals surface area contributed by atoms with Crippen LogP contribution in [-0.4, -0.2) is 23.3 Å². The Balaban J connectivity index is 1.80. The number of nitrogens with one attached hydrogen (secondary N) is 2. The van der Waals surface area contributed by atoms with E-state index in [0.717, 1.165) is 25.7 Å². The smallest absolute Gasteiger partial charge is 0.319 e. The fourth-order valence-corrected chi connectivity index (χ4v) is 2.11. The number of anilines is 1. The number of hydrogen-bond donors (Lipinski definition) is 3. The van der Waals surface area contributed by atoms with Crippen molar-refractivity contribution in [2.24, 2.45) is 0 Å². The molecule has 0 bridgehead atoms. The van der Waals surface area contributed by atoms with Gasteiger partial charge < -0.3 is 15.7 Å². The lowest BCUT2D eigenvalue weighted by atomic mass is 9.93. The van der Waals surface area contributed by atoms with Crippen LogP contribution in [0, 0.1) is 5.82 Å². The maximum atomic E-state index is 12.7.